The van der Waals surface area contributed by atoms with Gasteiger partial charge in [0.15, 0.2) is 0 Å². The third kappa shape index (κ3) is 2.26. The maximum atomic E-state index is 12.3. The predicted octanol–water partition coefficient (Wildman–Crippen LogP) is 2.28. The van der Waals surface area contributed by atoms with Gasteiger partial charge in [0.2, 0.25) is 0 Å². The van der Waals surface area contributed by atoms with Crippen LogP contribution in [0.3, 0.4) is 0 Å². The zero-order chi connectivity index (χ0) is 11.6. The predicted molar refractivity (Wildman–Crippen MR) is 43.1 cm³/mol. The average molecular weight is 215 g/mol. The number of carbonyl (C=O) groups is 1. The van der Waals surface area contributed by atoms with Gasteiger partial charge in [-0.25, -0.2) is 4.79 Å². The van der Waals surface area contributed by atoms with Crippen LogP contribution >= 0.6 is 0 Å². The van der Waals surface area contributed by atoms with E-state index in [0.717, 1.165) is 6.07 Å². The molecule has 0 heterocycles. The number of rotatable bonds is 1. The molecule has 78 valence electrons. The molecule has 1 rings (SSSR count). The largest absolute Gasteiger partial charge is 0.478 e. The number of alkyl halides is 3. The van der Waals surface area contributed by atoms with E-state index in [4.69, 9.17) is 10.4 Å². The van der Waals surface area contributed by atoms with E-state index in [9.17, 15) is 18.0 Å². The van der Waals surface area contributed by atoms with E-state index in [0.29, 0.717) is 12.1 Å². The number of carboxylic acid groups (broad SMARTS) is 1. The van der Waals surface area contributed by atoms with E-state index in [1.807, 2.05) is 0 Å². The first-order valence-electron chi connectivity index (χ1n) is 3.71. The summed E-state index contributed by atoms with van der Waals surface area (Å²) in [6.07, 6.45) is -4.73. The lowest BCUT2D eigenvalue weighted by Gasteiger charge is -2.09. The Morgan fingerprint density at radius 2 is 2.00 bits per heavy atom. The summed E-state index contributed by atoms with van der Waals surface area (Å²) in [5.41, 5.74) is -2.30. The monoisotopic (exact) mass is 215 g/mol. The second-order valence-corrected chi connectivity index (χ2v) is 2.68. The van der Waals surface area contributed by atoms with Gasteiger partial charge in [-0.05, 0) is 18.2 Å². The maximum Gasteiger partial charge on any atom is 0.417 e. The third-order valence-electron chi connectivity index (χ3n) is 1.68. The SMILES string of the molecule is N#Cc1ccc(C(F)(F)F)c(C(=O)O)c1. The van der Waals surface area contributed by atoms with Crippen LogP contribution in [0.15, 0.2) is 18.2 Å². The highest BCUT2D eigenvalue weighted by molar-refractivity contribution is 5.90. The molecular formula is C9H4F3NO2. The molecule has 1 aromatic rings. The van der Waals surface area contributed by atoms with Crippen molar-refractivity contribution >= 4 is 5.97 Å². The molecule has 0 amide bonds. The van der Waals surface area contributed by atoms with Crippen molar-refractivity contribution in [2.24, 2.45) is 0 Å². The molecule has 0 aliphatic rings. The Kier molecular flexibility index (Phi) is 2.66. The number of carboxylic acids is 1. The highest BCUT2D eigenvalue weighted by Crippen LogP contribution is 2.32. The van der Waals surface area contributed by atoms with Gasteiger partial charge in [-0.2, -0.15) is 18.4 Å². The second-order valence-electron chi connectivity index (χ2n) is 2.68. The molecule has 0 bridgehead atoms. The molecule has 3 nitrogen and oxygen atoms in total. The molecular weight excluding hydrogens is 211 g/mol. The molecule has 0 saturated carbocycles. The van der Waals surface area contributed by atoms with Gasteiger partial charge in [0.05, 0.1) is 22.8 Å². The summed E-state index contributed by atoms with van der Waals surface area (Å²) in [7, 11) is 0. The molecule has 1 N–H and O–H groups in total. The molecule has 0 unspecified atom stereocenters. The molecule has 0 atom stereocenters. The van der Waals surface area contributed by atoms with Crippen molar-refractivity contribution in [3.8, 4) is 6.07 Å². The van der Waals surface area contributed by atoms with Crippen LogP contribution in [-0.4, -0.2) is 11.1 Å². The maximum absolute atomic E-state index is 12.3. The van der Waals surface area contributed by atoms with Gasteiger partial charge >= 0.3 is 12.1 Å². The van der Waals surface area contributed by atoms with Crippen LogP contribution in [0.4, 0.5) is 13.2 Å². The van der Waals surface area contributed by atoms with Crippen molar-refractivity contribution in [3.63, 3.8) is 0 Å². The Balaban J connectivity index is 3.42. The Morgan fingerprint density at radius 1 is 1.40 bits per heavy atom. The lowest BCUT2D eigenvalue weighted by Crippen LogP contribution is -2.12. The van der Waals surface area contributed by atoms with E-state index in [1.165, 1.54) is 0 Å². The fourth-order valence-corrected chi connectivity index (χ4v) is 1.04. The Hall–Kier alpha value is -2.03. The lowest BCUT2D eigenvalue weighted by atomic mass is 10.0. The van der Waals surface area contributed by atoms with E-state index in [1.54, 1.807) is 6.07 Å². The van der Waals surface area contributed by atoms with Crippen molar-refractivity contribution in [1.29, 1.82) is 5.26 Å². The van der Waals surface area contributed by atoms with Crippen molar-refractivity contribution in [3.05, 3.63) is 34.9 Å². The van der Waals surface area contributed by atoms with Gasteiger partial charge in [-0.3, -0.25) is 0 Å². The fourth-order valence-electron chi connectivity index (χ4n) is 1.04. The first-order chi connectivity index (χ1) is 6.86. The summed E-state index contributed by atoms with van der Waals surface area (Å²) in [5.74, 6) is -1.71. The minimum absolute atomic E-state index is 0.125. The van der Waals surface area contributed by atoms with Crippen molar-refractivity contribution in [2.75, 3.05) is 0 Å². The first kappa shape index (κ1) is 11.0. The number of benzene rings is 1. The second kappa shape index (κ2) is 3.61. The number of nitriles is 1. The van der Waals surface area contributed by atoms with Crippen LogP contribution in [0.5, 0.6) is 0 Å². The van der Waals surface area contributed by atoms with E-state index < -0.39 is 23.3 Å². The normalized spacial score (nSPS) is 10.8. The Bertz CT molecular complexity index is 446. The molecule has 0 aliphatic carbocycles. The van der Waals surface area contributed by atoms with Crippen LogP contribution in [0.2, 0.25) is 0 Å². The number of aromatic carboxylic acids is 1. The van der Waals surface area contributed by atoms with E-state index >= 15 is 0 Å². The Morgan fingerprint density at radius 3 is 2.40 bits per heavy atom. The number of nitrogens with zero attached hydrogens (tertiary/aromatic N) is 1. The Labute approximate surface area is 82.4 Å². The summed E-state index contributed by atoms with van der Waals surface area (Å²) in [6, 6.07) is 3.78. The standard InChI is InChI=1S/C9H4F3NO2/c10-9(11,12)7-2-1-5(4-13)3-6(7)8(14)15/h1-3H,(H,14,15). The minimum Gasteiger partial charge on any atom is -0.478 e. The first-order valence-corrected chi connectivity index (χ1v) is 3.71. The van der Waals surface area contributed by atoms with Gasteiger partial charge in [0, 0.05) is 0 Å². The molecule has 0 aromatic heterocycles. The molecule has 0 aliphatic heterocycles. The van der Waals surface area contributed by atoms with E-state index in [2.05, 4.69) is 0 Å². The smallest absolute Gasteiger partial charge is 0.417 e. The zero-order valence-corrected chi connectivity index (χ0v) is 7.17. The van der Waals surface area contributed by atoms with Crippen molar-refractivity contribution < 1.29 is 23.1 Å². The molecule has 1 aromatic carbocycles. The fraction of sp³-hybridized carbons (Fsp3) is 0.111. The van der Waals surface area contributed by atoms with Crippen LogP contribution in [0, 0.1) is 11.3 Å². The van der Waals surface area contributed by atoms with Gasteiger partial charge in [-0.15, -0.1) is 0 Å². The quantitative estimate of drug-likeness (QED) is 0.781. The topological polar surface area (TPSA) is 61.1 Å². The highest BCUT2D eigenvalue weighted by Gasteiger charge is 2.35. The molecule has 15 heavy (non-hydrogen) atoms. The molecule has 0 radical (unpaired) electrons. The molecule has 0 saturated heterocycles. The molecule has 0 spiro atoms. The highest BCUT2D eigenvalue weighted by atomic mass is 19.4. The zero-order valence-electron chi connectivity index (χ0n) is 7.17. The summed E-state index contributed by atoms with van der Waals surface area (Å²) in [5, 5.41) is 17.0. The number of hydrogen-bond donors (Lipinski definition) is 1. The summed E-state index contributed by atoms with van der Waals surface area (Å²) < 4.78 is 36.9. The minimum atomic E-state index is -4.73. The molecule has 0 fully saturated rings. The van der Waals surface area contributed by atoms with Gasteiger partial charge in [0.1, 0.15) is 0 Å². The van der Waals surface area contributed by atoms with Crippen LogP contribution in [-0.2, 0) is 6.18 Å². The summed E-state index contributed by atoms with van der Waals surface area (Å²) in [4.78, 5) is 10.5. The van der Waals surface area contributed by atoms with Gasteiger partial charge in [-0.1, -0.05) is 0 Å². The van der Waals surface area contributed by atoms with E-state index in [-0.39, 0.29) is 5.56 Å². The van der Waals surface area contributed by atoms with Gasteiger partial charge in [0.25, 0.3) is 0 Å². The molecule has 6 heteroatoms. The lowest BCUT2D eigenvalue weighted by molar-refractivity contribution is -0.138. The summed E-state index contributed by atoms with van der Waals surface area (Å²) >= 11 is 0. The third-order valence-corrected chi connectivity index (χ3v) is 1.68. The number of hydrogen-bond acceptors (Lipinski definition) is 2. The van der Waals surface area contributed by atoms with Gasteiger partial charge < -0.3 is 5.11 Å². The van der Waals surface area contributed by atoms with Crippen LogP contribution in [0.25, 0.3) is 0 Å². The van der Waals surface area contributed by atoms with Crippen LogP contribution in [0.1, 0.15) is 21.5 Å². The van der Waals surface area contributed by atoms with Crippen LogP contribution < -0.4 is 0 Å². The van der Waals surface area contributed by atoms with Crippen molar-refractivity contribution in [2.45, 2.75) is 6.18 Å². The number of halogens is 3. The van der Waals surface area contributed by atoms with Crippen molar-refractivity contribution in [1.82, 2.24) is 0 Å². The average Bonchev–Trinajstić information content (AvgIpc) is 2.15. The summed E-state index contributed by atoms with van der Waals surface area (Å²) in [6.45, 7) is 0.